The Balaban J connectivity index is 1.83. The van der Waals surface area contributed by atoms with Crippen LogP contribution in [0.3, 0.4) is 0 Å². The van der Waals surface area contributed by atoms with E-state index in [-0.39, 0.29) is 0 Å². The average Bonchev–Trinajstić information content (AvgIpc) is 2.24. The molecule has 0 amide bonds. The molecule has 8 heteroatoms. The Morgan fingerprint density at radius 2 is 1.72 bits per heavy atom. The van der Waals surface area contributed by atoms with Crippen LogP contribution in [0.1, 0.15) is 6.42 Å². The molecule has 0 atom stereocenters. The summed E-state index contributed by atoms with van der Waals surface area (Å²) in [6.45, 7) is 5.12. The second-order valence-electron chi connectivity index (χ2n) is 4.34. The molecule has 5 nitrogen and oxygen atoms in total. The summed E-state index contributed by atoms with van der Waals surface area (Å²) in [4.78, 5) is 2.32. The van der Waals surface area contributed by atoms with Crippen LogP contribution in [0.4, 0.5) is 0 Å². The minimum atomic E-state index is -2.42. The lowest BCUT2D eigenvalue weighted by Gasteiger charge is -2.38. The van der Waals surface area contributed by atoms with E-state index < -0.39 is 8.80 Å². The molecule has 2 bridgehead atoms. The Morgan fingerprint density at radius 3 is 2.22 bits per heavy atom. The summed E-state index contributed by atoms with van der Waals surface area (Å²) in [7, 11) is -2.42. The molecule has 3 fully saturated rings. The van der Waals surface area contributed by atoms with Crippen LogP contribution in [0, 0.1) is 0 Å². The highest BCUT2D eigenvalue weighted by Gasteiger charge is 2.43. The van der Waals surface area contributed by atoms with Crippen LogP contribution in [0.2, 0.25) is 6.04 Å². The van der Waals surface area contributed by atoms with Crippen LogP contribution in [0.25, 0.3) is 0 Å². The van der Waals surface area contributed by atoms with Crippen LogP contribution in [0.15, 0.2) is 0 Å². The Hall–Kier alpha value is 0.297. The first-order chi connectivity index (χ1) is 8.70. The number of thioether (sulfide) groups is 1. The van der Waals surface area contributed by atoms with E-state index in [1.807, 2.05) is 0 Å². The van der Waals surface area contributed by atoms with Crippen molar-refractivity contribution in [1.29, 1.82) is 0 Å². The van der Waals surface area contributed by atoms with Crippen molar-refractivity contribution in [3.05, 3.63) is 0 Å². The number of hydrogen-bond acceptors (Lipinski definition) is 6. The zero-order valence-corrected chi connectivity index (χ0v) is 13.1. The van der Waals surface area contributed by atoms with Gasteiger partial charge in [-0.1, -0.05) is 24.0 Å². The fourth-order valence-corrected chi connectivity index (χ4v) is 5.62. The van der Waals surface area contributed by atoms with Gasteiger partial charge in [-0.2, -0.15) is 0 Å². The summed E-state index contributed by atoms with van der Waals surface area (Å²) in [6.07, 6.45) is 0.970. The van der Waals surface area contributed by atoms with Crippen molar-refractivity contribution in [2.24, 2.45) is 5.73 Å². The zero-order valence-electron chi connectivity index (χ0n) is 10.4. The molecule has 2 N–H and O–H groups in total. The largest absolute Gasteiger partial charge is 0.501 e. The number of thiocarbonyl (C=S) groups is 1. The van der Waals surface area contributed by atoms with Crippen molar-refractivity contribution >= 4 is 37.1 Å². The maximum atomic E-state index is 5.93. The lowest BCUT2D eigenvalue weighted by Crippen LogP contribution is -2.55. The Labute approximate surface area is 119 Å². The molecule has 0 radical (unpaired) electrons. The molecule has 0 saturated carbocycles. The molecule has 3 rings (SSSR count). The van der Waals surface area contributed by atoms with Crippen molar-refractivity contribution < 1.29 is 13.3 Å². The second kappa shape index (κ2) is 7.18. The minimum absolute atomic E-state index is 0.503. The molecule has 3 aliphatic heterocycles. The van der Waals surface area contributed by atoms with E-state index in [2.05, 4.69) is 4.90 Å². The maximum absolute atomic E-state index is 5.93. The Kier molecular flexibility index (Phi) is 5.86. The number of hydrogen-bond donors (Lipinski definition) is 1. The van der Waals surface area contributed by atoms with Crippen molar-refractivity contribution in [2.75, 3.05) is 45.2 Å². The lowest BCUT2D eigenvalue weighted by molar-refractivity contribution is -0.00828. The summed E-state index contributed by atoms with van der Waals surface area (Å²) in [5, 5.41) is 0. The van der Waals surface area contributed by atoms with E-state index in [4.69, 9.17) is 31.2 Å². The standard InChI is InChI=1S/C10H20N2O3S2Si/c11-10(16)17-8-1-9-18-13-5-2-12(3-6-14-18)4-7-15-18/h1-9H2,(H2,11,16). The normalized spacial score (nSPS) is 32.6. The molecule has 0 unspecified atom stereocenters. The number of nitrogens with two attached hydrogens (primary N) is 1. The van der Waals surface area contributed by atoms with Gasteiger partial charge in [-0.05, 0) is 6.42 Å². The van der Waals surface area contributed by atoms with Gasteiger partial charge in [-0.3, -0.25) is 4.90 Å². The van der Waals surface area contributed by atoms with Crippen molar-refractivity contribution in [1.82, 2.24) is 4.90 Å². The fraction of sp³-hybridized carbons (Fsp3) is 0.900. The summed E-state index contributed by atoms with van der Waals surface area (Å²) in [5.74, 6) is 0.909. The van der Waals surface area contributed by atoms with E-state index in [0.29, 0.717) is 24.1 Å². The van der Waals surface area contributed by atoms with Gasteiger partial charge in [0.25, 0.3) is 0 Å². The SMILES string of the molecule is NC(=S)SCCC[Si]12OCCN(CCO1)CCO2. The zero-order chi connectivity index (χ0) is 12.8. The molecule has 0 spiro atoms. The van der Waals surface area contributed by atoms with Gasteiger partial charge in [0.1, 0.15) is 4.32 Å². The van der Waals surface area contributed by atoms with E-state index >= 15 is 0 Å². The molecule has 18 heavy (non-hydrogen) atoms. The van der Waals surface area contributed by atoms with Gasteiger partial charge in [-0.25, -0.2) is 0 Å². The van der Waals surface area contributed by atoms with Crippen molar-refractivity contribution in [3.63, 3.8) is 0 Å². The van der Waals surface area contributed by atoms with Gasteiger partial charge in [-0.15, -0.1) is 0 Å². The summed E-state index contributed by atoms with van der Waals surface area (Å²) in [5.41, 5.74) is 5.46. The van der Waals surface area contributed by atoms with Gasteiger partial charge >= 0.3 is 8.80 Å². The molecule has 3 heterocycles. The van der Waals surface area contributed by atoms with Crippen LogP contribution in [0.5, 0.6) is 0 Å². The third-order valence-electron chi connectivity index (χ3n) is 3.06. The molecule has 104 valence electrons. The first-order valence-electron chi connectivity index (χ1n) is 6.27. The molecule has 0 aromatic rings. The highest BCUT2D eigenvalue weighted by atomic mass is 32.2. The van der Waals surface area contributed by atoms with Gasteiger partial charge in [0, 0.05) is 31.4 Å². The van der Waals surface area contributed by atoms with Crippen molar-refractivity contribution in [3.8, 4) is 0 Å². The Bertz CT molecular complexity index is 270. The monoisotopic (exact) mass is 308 g/mol. The molecule has 3 saturated heterocycles. The van der Waals surface area contributed by atoms with Gasteiger partial charge in [0.15, 0.2) is 0 Å². The molecular formula is C10H20N2O3S2Si. The maximum Gasteiger partial charge on any atom is 0.501 e. The molecule has 0 aliphatic carbocycles. The Morgan fingerprint density at radius 1 is 1.17 bits per heavy atom. The third kappa shape index (κ3) is 4.44. The van der Waals surface area contributed by atoms with Crippen LogP contribution in [-0.4, -0.2) is 63.2 Å². The molecular weight excluding hydrogens is 288 g/mol. The van der Waals surface area contributed by atoms with Crippen molar-refractivity contribution in [2.45, 2.75) is 12.5 Å². The van der Waals surface area contributed by atoms with Gasteiger partial charge in [0.2, 0.25) is 0 Å². The highest BCUT2D eigenvalue weighted by Crippen LogP contribution is 2.22. The van der Waals surface area contributed by atoms with Crippen LogP contribution < -0.4 is 5.73 Å². The van der Waals surface area contributed by atoms with Crippen LogP contribution in [-0.2, 0) is 13.3 Å². The first-order valence-corrected chi connectivity index (χ1v) is 9.59. The summed E-state index contributed by atoms with van der Waals surface area (Å²) >= 11 is 6.36. The number of fused-ring (bicyclic) bond motifs is 6. The minimum Gasteiger partial charge on any atom is -0.385 e. The number of nitrogens with zero attached hydrogens (tertiary/aromatic N) is 1. The first kappa shape index (κ1) is 14.7. The van der Waals surface area contributed by atoms with E-state index in [1.54, 1.807) is 0 Å². The molecule has 0 aromatic heterocycles. The van der Waals surface area contributed by atoms with Gasteiger partial charge < -0.3 is 19.0 Å². The fourth-order valence-electron chi connectivity index (χ4n) is 2.13. The third-order valence-corrected chi connectivity index (χ3v) is 7.09. The van der Waals surface area contributed by atoms with Gasteiger partial charge in [0.05, 0.1) is 19.8 Å². The molecule has 3 aliphatic rings. The summed E-state index contributed by atoms with van der Waals surface area (Å²) < 4.78 is 18.3. The predicted octanol–water partition coefficient (Wildman–Crippen LogP) is 0.671. The smallest absolute Gasteiger partial charge is 0.385 e. The summed E-state index contributed by atoms with van der Waals surface area (Å²) in [6, 6.07) is 0.864. The predicted molar refractivity (Wildman–Crippen MR) is 78.7 cm³/mol. The number of rotatable bonds is 4. The topological polar surface area (TPSA) is 57.0 Å². The quantitative estimate of drug-likeness (QED) is 0.465. The lowest BCUT2D eigenvalue weighted by atomic mass is 10.4. The van der Waals surface area contributed by atoms with E-state index in [0.717, 1.165) is 37.9 Å². The van der Waals surface area contributed by atoms with E-state index in [1.165, 1.54) is 11.8 Å². The second-order valence-corrected chi connectivity index (χ2v) is 8.91. The highest BCUT2D eigenvalue weighted by molar-refractivity contribution is 8.22. The van der Waals surface area contributed by atoms with E-state index in [9.17, 15) is 0 Å². The van der Waals surface area contributed by atoms with Crippen LogP contribution >= 0.6 is 24.0 Å². The average molecular weight is 309 g/mol. The molecule has 0 aromatic carbocycles.